The maximum absolute atomic E-state index is 3.48. The first-order valence-corrected chi connectivity index (χ1v) is 7.50. The van der Waals surface area contributed by atoms with Crippen LogP contribution in [0.15, 0.2) is 0 Å². The molecule has 0 spiro atoms. The highest BCUT2D eigenvalue weighted by Gasteiger charge is 2.24. The normalized spacial score (nSPS) is 19.8. The van der Waals surface area contributed by atoms with E-state index in [4.69, 9.17) is 0 Å². The van der Waals surface area contributed by atoms with Gasteiger partial charge in [0, 0.05) is 13.1 Å². The van der Waals surface area contributed by atoms with Gasteiger partial charge in [-0.2, -0.15) is 0 Å². The third kappa shape index (κ3) is 5.87. The Hall–Kier alpha value is -0.0800. The van der Waals surface area contributed by atoms with Crippen LogP contribution in [-0.2, 0) is 0 Å². The number of piperidine rings is 1. The molecule has 0 aromatic heterocycles. The minimum absolute atomic E-state index is 0.410. The Labute approximate surface area is 108 Å². The monoisotopic (exact) mass is 240 g/mol. The van der Waals surface area contributed by atoms with E-state index in [1.807, 2.05) is 0 Å². The van der Waals surface area contributed by atoms with Gasteiger partial charge in [-0.3, -0.25) is 0 Å². The molecule has 1 heterocycles. The van der Waals surface area contributed by atoms with Crippen molar-refractivity contribution in [2.75, 3.05) is 32.7 Å². The summed E-state index contributed by atoms with van der Waals surface area (Å²) in [6.07, 6.45) is 5.64. The third-order valence-corrected chi connectivity index (χ3v) is 3.91. The number of hydrogen-bond donors (Lipinski definition) is 1. The molecule has 2 nitrogen and oxygen atoms in total. The Balaban J connectivity index is 2.24. The fraction of sp³-hybridized carbons (Fsp3) is 1.00. The fourth-order valence-electron chi connectivity index (χ4n) is 2.97. The summed E-state index contributed by atoms with van der Waals surface area (Å²) < 4.78 is 0. The Morgan fingerprint density at radius 1 is 1.18 bits per heavy atom. The van der Waals surface area contributed by atoms with E-state index in [2.05, 4.69) is 37.9 Å². The van der Waals surface area contributed by atoms with Crippen LogP contribution >= 0.6 is 0 Å². The van der Waals surface area contributed by atoms with Crippen molar-refractivity contribution < 1.29 is 0 Å². The quantitative estimate of drug-likeness (QED) is 0.735. The van der Waals surface area contributed by atoms with E-state index in [1.54, 1.807) is 0 Å². The third-order valence-electron chi connectivity index (χ3n) is 3.91. The Kier molecular flexibility index (Phi) is 6.50. The zero-order valence-corrected chi connectivity index (χ0v) is 12.4. The molecule has 0 amide bonds. The summed E-state index contributed by atoms with van der Waals surface area (Å²) in [5.74, 6) is 1.01. The zero-order chi connectivity index (χ0) is 12.7. The van der Waals surface area contributed by atoms with Crippen LogP contribution in [0.25, 0.3) is 0 Å². The molecule has 1 rings (SSSR count). The number of likely N-dealkylation sites (tertiary alicyclic amines) is 1. The molecule has 17 heavy (non-hydrogen) atoms. The maximum Gasteiger partial charge on any atom is 0.00448 e. The molecule has 1 aliphatic rings. The predicted molar refractivity (Wildman–Crippen MR) is 76.4 cm³/mol. The van der Waals surface area contributed by atoms with Crippen LogP contribution in [0.3, 0.4) is 0 Å². The fourth-order valence-corrected chi connectivity index (χ4v) is 2.97. The summed E-state index contributed by atoms with van der Waals surface area (Å²) in [7, 11) is 0. The summed E-state index contributed by atoms with van der Waals surface area (Å²) in [4.78, 5) is 2.67. The van der Waals surface area contributed by atoms with Crippen LogP contribution in [0.1, 0.15) is 53.4 Å². The molecule has 102 valence electrons. The molecule has 0 aliphatic carbocycles. The van der Waals surface area contributed by atoms with E-state index in [0.717, 1.165) is 19.0 Å². The Morgan fingerprint density at radius 2 is 1.82 bits per heavy atom. The molecule has 2 heteroatoms. The number of rotatable bonds is 7. The second kappa shape index (κ2) is 7.38. The first-order valence-electron chi connectivity index (χ1n) is 7.50. The average Bonchev–Trinajstić information content (AvgIpc) is 2.29. The molecule has 0 aromatic rings. The molecule has 0 saturated carbocycles. The second-order valence-corrected chi connectivity index (χ2v) is 6.45. The lowest BCUT2D eigenvalue weighted by Gasteiger charge is -2.37. The van der Waals surface area contributed by atoms with Gasteiger partial charge >= 0.3 is 0 Å². The van der Waals surface area contributed by atoms with Gasteiger partial charge in [-0.05, 0) is 43.8 Å². The SMILES string of the molecule is CCCC1CCN(CC(C)(C)CNCC)CC1. The summed E-state index contributed by atoms with van der Waals surface area (Å²) >= 11 is 0. The standard InChI is InChI=1S/C15H32N2/c1-5-7-14-8-10-17(11-9-14)13-15(3,4)12-16-6-2/h14,16H,5-13H2,1-4H3. The average molecular weight is 240 g/mol. The van der Waals surface area contributed by atoms with Gasteiger partial charge in [-0.15, -0.1) is 0 Å². The summed E-state index contributed by atoms with van der Waals surface area (Å²) in [6.45, 7) is 15.4. The molecule has 1 fully saturated rings. The molecule has 0 atom stereocenters. The van der Waals surface area contributed by atoms with E-state index in [1.165, 1.54) is 45.3 Å². The van der Waals surface area contributed by atoms with Crippen LogP contribution in [0.5, 0.6) is 0 Å². The zero-order valence-electron chi connectivity index (χ0n) is 12.4. The van der Waals surface area contributed by atoms with Crippen LogP contribution in [-0.4, -0.2) is 37.6 Å². The molecule has 1 saturated heterocycles. The van der Waals surface area contributed by atoms with Gasteiger partial charge in [-0.25, -0.2) is 0 Å². The lowest BCUT2D eigenvalue weighted by atomic mass is 9.88. The van der Waals surface area contributed by atoms with E-state index in [-0.39, 0.29) is 0 Å². The van der Waals surface area contributed by atoms with E-state index < -0.39 is 0 Å². The highest BCUT2D eigenvalue weighted by molar-refractivity contribution is 4.79. The van der Waals surface area contributed by atoms with Gasteiger partial charge in [0.1, 0.15) is 0 Å². The molecule has 1 aliphatic heterocycles. The Bertz CT molecular complexity index is 193. The first kappa shape index (κ1) is 15.0. The van der Waals surface area contributed by atoms with Crippen molar-refractivity contribution >= 4 is 0 Å². The second-order valence-electron chi connectivity index (χ2n) is 6.45. The minimum Gasteiger partial charge on any atom is -0.316 e. The van der Waals surface area contributed by atoms with Crippen molar-refractivity contribution in [3.05, 3.63) is 0 Å². The first-order chi connectivity index (χ1) is 8.07. The maximum atomic E-state index is 3.48. The van der Waals surface area contributed by atoms with E-state index >= 15 is 0 Å². The molecule has 0 aromatic carbocycles. The largest absolute Gasteiger partial charge is 0.316 e. The number of nitrogens with one attached hydrogen (secondary N) is 1. The van der Waals surface area contributed by atoms with Crippen LogP contribution < -0.4 is 5.32 Å². The highest BCUT2D eigenvalue weighted by atomic mass is 15.1. The number of hydrogen-bond acceptors (Lipinski definition) is 2. The van der Waals surface area contributed by atoms with Crippen molar-refractivity contribution in [1.82, 2.24) is 10.2 Å². The molecular weight excluding hydrogens is 208 g/mol. The van der Waals surface area contributed by atoms with Gasteiger partial charge in [0.25, 0.3) is 0 Å². The lowest BCUT2D eigenvalue weighted by molar-refractivity contribution is 0.124. The number of nitrogens with zero attached hydrogens (tertiary/aromatic N) is 1. The van der Waals surface area contributed by atoms with Gasteiger partial charge < -0.3 is 10.2 Å². The van der Waals surface area contributed by atoms with Crippen LogP contribution in [0.4, 0.5) is 0 Å². The van der Waals surface area contributed by atoms with Crippen LogP contribution in [0.2, 0.25) is 0 Å². The van der Waals surface area contributed by atoms with Gasteiger partial charge in [-0.1, -0.05) is 40.5 Å². The van der Waals surface area contributed by atoms with Gasteiger partial charge in [0.15, 0.2) is 0 Å². The van der Waals surface area contributed by atoms with Crippen LogP contribution in [0, 0.1) is 11.3 Å². The van der Waals surface area contributed by atoms with E-state index in [0.29, 0.717) is 5.41 Å². The molecule has 0 bridgehead atoms. The summed E-state index contributed by atoms with van der Waals surface area (Å²) in [5.41, 5.74) is 0.410. The minimum atomic E-state index is 0.410. The van der Waals surface area contributed by atoms with Crippen molar-refractivity contribution in [1.29, 1.82) is 0 Å². The van der Waals surface area contributed by atoms with E-state index in [9.17, 15) is 0 Å². The summed E-state index contributed by atoms with van der Waals surface area (Å²) in [6, 6.07) is 0. The molecule has 1 N–H and O–H groups in total. The lowest BCUT2D eigenvalue weighted by Crippen LogP contribution is -2.43. The smallest absolute Gasteiger partial charge is 0.00448 e. The topological polar surface area (TPSA) is 15.3 Å². The van der Waals surface area contributed by atoms with Crippen molar-refractivity contribution in [3.8, 4) is 0 Å². The molecule has 0 unspecified atom stereocenters. The van der Waals surface area contributed by atoms with Gasteiger partial charge in [0.05, 0.1) is 0 Å². The molecular formula is C15H32N2. The van der Waals surface area contributed by atoms with Crippen molar-refractivity contribution in [3.63, 3.8) is 0 Å². The Morgan fingerprint density at radius 3 is 2.35 bits per heavy atom. The van der Waals surface area contributed by atoms with Gasteiger partial charge in [0.2, 0.25) is 0 Å². The van der Waals surface area contributed by atoms with Crippen molar-refractivity contribution in [2.24, 2.45) is 11.3 Å². The predicted octanol–water partition coefficient (Wildman–Crippen LogP) is 3.13. The van der Waals surface area contributed by atoms with Crippen molar-refractivity contribution in [2.45, 2.75) is 53.4 Å². The molecule has 0 radical (unpaired) electrons. The highest BCUT2D eigenvalue weighted by Crippen LogP contribution is 2.24. The summed E-state index contributed by atoms with van der Waals surface area (Å²) in [5, 5.41) is 3.48.